The van der Waals surface area contributed by atoms with Crippen molar-refractivity contribution >= 4 is 18.0 Å². The SMILES string of the molecule is CC(C)(C)OC(=O)N1CCC(OC2CCC2)CC1.O=C(O)c1ccc(C2(O)CCNCC2)cc1C(=O)O. The molecule has 0 bridgehead atoms. The lowest BCUT2D eigenvalue weighted by Gasteiger charge is -2.36. The molecule has 0 atom stereocenters. The maximum absolute atomic E-state index is 11.9. The minimum atomic E-state index is -1.31. The van der Waals surface area contributed by atoms with E-state index in [2.05, 4.69) is 5.32 Å². The topological polar surface area (TPSA) is 146 Å². The Morgan fingerprint density at radius 3 is 2.00 bits per heavy atom. The number of aromatic carboxylic acids is 2. The highest BCUT2D eigenvalue weighted by molar-refractivity contribution is 6.01. The van der Waals surface area contributed by atoms with Crippen LogP contribution >= 0.6 is 0 Å². The number of nitrogens with one attached hydrogen (secondary N) is 1. The molecule has 10 heteroatoms. The van der Waals surface area contributed by atoms with Crippen LogP contribution in [0.4, 0.5) is 4.79 Å². The third-order valence-electron chi connectivity index (χ3n) is 6.98. The molecule has 3 aliphatic rings. The van der Waals surface area contributed by atoms with Gasteiger partial charge in [-0.2, -0.15) is 0 Å². The number of carboxylic acids is 2. The van der Waals surface area contributed by atoms with E-state index in [0.717, 1.165) is 25.9 Å². The van der Waals surface area contributed by atoms with Crippen LogP contribution in [0.5, 0.6) is 0 Å². The van der Waals surface area contributed by atoms with Crippen LogP contribution in [0.15, 0.2) is 18.2 Å². The molecule has 10 nitrogen and oxygen atoms in total. The van der Waals surface area contributed by atoms with Crippen molar-refractivity contribution in [1.29, 1.82) is 0 Å². The molecule has 1 amide bonds. The zero-order valence-electron chi connectivity index (χ0n) is 22.0. The van der Waals surface area contributed by atoms with Crippen LogP contribution in [0.2, 0.25) is 0 Å². The molecule has 4 rings (SSSR count). The number of amides is 1. The van der Waals surface area contributed by atoms with E-state index in [-0.39, 0.29) is 17.2 Å². The van der Waals surface area contributed by atoms with Crippen LogP contribution in [-0.4, -0.2) is 82.2 Å². The van der Waals surface area contributed by atoms with Gasteiger partial charge in [0.2, 0.25) is 0 Å². The van der Waals surface area contributed by atoms with Gasteiger partial charge >= 0.3 is 18.0 Å². The highest BCUT2D eigenvalue weighted by Gasteiger charge is 2.33. The van der Waals surface area contributed by atoms with Gasteiger partial charge in [0.25, 0.3) is 0 Å². The van der Waals surface area contributed by atoms with E-state index in [9.17, 15) is 19.5 Å². The van der Waals surface area contributed by atoms with Crippen molar-refractivity contribution in [3.8, 4) is 0 Å². The summed E-state index contributed by atoms with van der Waals surface area (Å²) in [6.07, 6.45) is 7.20. The number of piperidine rings is 2. The van der Waals surface area contributed by atoms with Gasteiger partial charge < -0.3 is 35.0 Å². The van der Waals surface area contributed by atoms with Crippen molar-refractivity contribution < 1.29 is 39.2 Å². The first-order chi connectivity index (χ1) is 17.4. The summed E-state index contributed by atoms with van der Waals surface area (Å²) >= 11 is 0. The number of benzene rings is 1. The third kappa shape index (κ3) is 8.15. The Balaban J connectivity index is 0.000000206. The maximum Gasteiger partial charge on any atom is 0.410 e. The summed E-state index contributed by atoms with van der Waals surface area (Å²) < 4.78 is 11.3. The summed E-state index contributed by atoms with van der Waals surface area (Å²) in [4.78, 5) is 35.7. The number of likely N-dealkylation sites (tertiary alicyclic amines) is 1. The average Bonchev–Trinajstić information content (AvgIpc) is 2.81. The van der Waals surface area contributed by atoms with Crippen LogP contribution in [0.25, 0.3) is 0 Å². The predicted octanol–water partition coefficient (Wildman–Crippen LogP) is 3.61. The summed E-state index contributed by atoms with van der Waals surface area (Å²) in [6, 6.07) is 3.99. The zero-order chi connectivity index (χ0) is 27.2. The Hall–Kier alpha value is -2.69. The molecule has 0 aromatic heterocycles. The quantitative estimate of drug-likeness (QED) is 0.457. The molecule has 37 heavy (non-hydrogen) atoms. The van der Waals surface area contributed by atoms with E-state index in [1.165, 1.54) is 37.5 Å². The van der Waals surface area contributed by atoms with Gasteiger partial charge in [0.15, 0.2) is 0 Å². The number of hydrogen-bond donors (Lipinski definition) is 4. The van der Waals surface area contributed by atoms with Gasteiger partial charge in [-0.15, -0.1) is 0 Å². The minimum Gasteiger partial charge on any atom is -0.478 e. The number of hydrogen-bond acceptors (Lipinski definition) is 7. The highest BCUT2D eigenvalue weighted by atomic mass is 16.6. The van der Waals surface area contributed by atoms with Gasteiger partial charge in [0.05, 0.1) is 28.9 Å². The second-order valence-electron chi connectivity index (χ2n) is 11.0. The fraction of sp³-hybridized carbons (Fsp3) is 0.667. The van der Waals surface area contributed by atoms with Gasteiger partial charge in [-0.3, -0.25) is 0 Å². The normalized spacial score (nSPS) is 20.3. The van der Waals surface area contributed by atoms with Crippen molar-refractivity contribution in [2.75, 3.05) is 26.2 Å². The smallest absolute Gasteiger partial charge is 0.410 e. The summed E-state index contributed by atoms with van der Waals surface area (Å²) in [7, 11) is 0. The Kier molecular flexibility index (Phi) is 9.55. The largest absolute Gasteiger partial charge is 0.478 e. The minimum absolute atomic E-state index is 0.190. The van der Waals surface area contributed by atoms with E-state index in [1.54, 1.807) is 4.90 Å². The van der Waals surface area contributed by atoms with Crippen LogP contribution < -0.4 is 5.32 Å². The van der Waals surface area contributed by atoms with Crippen LogP contribution in [-0.2, 0) is 15.1 Å². The van der Waals surface area contributed by atoms with Gasteiger partial charge in [0.1, 0.15) is 5.60 Å². The van der Waals surface area contributed by atoms with Crippen molar-refractivity contribution in [1.82, 2.24) is 10.2 Å². The van der Waals surface area contributed by atoms with E-state index < -0.39 is 23.1 Å². The van der Waals surface area contributed by atoms with Crippen LogP contribution in [0.3, 0.4) is 0 Å². The molecule has 2 heterocycles. The van der Waals surface area contributed by atoms with Crippen molar-refractivity contribution in [3.63, 3.8) is 0 Å². The van der Waals surface area contributed by atoms with Crippen LogP contribution in [0.1, 0.15) is 92.0 Å². The molecule has 206 valence electrons. The van der Waals surface area contributed by atoms with Gasteiger partial charge in [-0.25, -0.2) is 14.4 Å². The number of carbonyl (C=O) groups excluding carboxylic acids is 1. The molecule has 1 aromatic rings. The molecule has 1 saturated carbocycles. The summed E-state index contributed by atoms with van der Waals surface area (Å²) in [6.45, 7) is 8.49. The van der Waals surface area contributed by atoms with E-state index >= 15 is 0 Å². The number of carbonyl (C=O) groups is 3. The first-order valence-electron chi connectivity index (χ1n) is 13.1. The van der Waals surface area contributed by atoms with Crippen molar-refractivity contribution in [2.24, 2.45) is 0 Å². The second-order valence-corrected chi connectivity index (χ2v) is 11.0. The second kappa shape index (κ2) is 12.2. The highest BCUT2D eigenvalue weighted by Crippen LogP contribution is 2.32. The molecule has 3 fully saturated rings. The van der Waals surface area contributed by atoms with Gasteiger partial charge in [-0.05, 0) is 96.5 Å². The van der Waals surface area contributed by atoms with Crippen molar-refractivity contribution in [2.45, 2.75) is 89.1 Å². The fourth-order valence-electron chi connectivity index (χ4n) is 4.61. The van der Waals surface area contributed by atoms with Gasteiger partial charge in [0, 0.05) is 13.1 Å². The zero-order valence-corrected chi connectivity index (χ0v) is 22.0. The first kappa shape index (κ1) is 28.9. The molecule has 1 aliphatic carbocycles. The molecule has 4 N–H and O–H groups in total. The van der Waals surface area contributed by atoms with Crippen molar-refractivity contribution in [3.05, 3.63) is 34.9 Å². The number of ether oxygens (including phenoxy) is 2. The molecule has 1 aromatic carbocycles. The average molecular weight is 521 g/mol. The molecule has 0 radical (unpaired) electrons. The Labute approximate surface area is 217 Å². The summed E-state index contributed by atoms with van der Waals surface area (Å²) in [5.74, 6) is -2.60. The molecule has 2 saturated heterocycles. The molecule has 0 spiro atoms. The summed E-state index contributed by atoms with van der Waals surface area (Å²) in [5.41, 5.74) is -1.61. The Bertz CT molecular complexity index is 956. The lowest BCUT2D eigenvalue weighted by molar-refractivity contribution is -0.0742. The maximum atomic E-state index is 11.9. The molecular formula is C27H40N2O8. The van der Waals surface area contributed by atoms with Gasteiger partial charge in [-0.1, -0.05) is 6.07 Å². The molecule has 2 aliphatic heterocycles. The fourth-order valence-corrected chi connectivity index (χ4v) is 4.61. The Morgan fingerprint density at radius 2 is 1.51 bits per heavy atom. The number of nitrogens with zero attached hydrogens (tertiary/aromatic N) is 1. The first-order valence-corrected chi connectivity index (χ1v) is 13.1. The monoisotopic (exact) mass is 520 g/mol. The standard InChI is InChI=1S/C14H25NO3.C13H15NO5/c1-14(2,3)18-13(16)15-9-7-12(8-10-15)17-11-5-4-6-11;15-11(16)9-2-1-8(7-10(9)12(17)18)13(19)3-5-14-6-4-13/h11-12H,4-10H2,1-3H3;1-2,7,14,19H,3-6H2,(H,15,16)(H,17,18). The third-order valence-corrected chi connectivity index (χ3v) is 6.98. The van der Waals surface area contributed by atoms with Crippen LogP contribution in [0, 0.1) is 0 Å². The lowest BCUT2D eigenvalue weighted by Crippen LogP contribution is -2.44. The Morgan fingerprint density at radius 1 is 0.946 bits per heavy atom. The number of rotatable bonds is 5. The molecule has 0 unspecified atom stereocenters. The van der Waals surface area contributed by atoms with E-state index in [4.69, 9.17) is 19.7 Å². The summed E-state index contributed by atoms with van der Waals surface area (Å²) in [5, 5.41) is 31.6. The number of carboxylic acid groups (broad SMARTS) is 2. The van der Waals surface area contributed by atoms with E-state index in [0.29, 0.717) is 43.7 Å². The number of aliphatic hydroxyl groups is 1. The molecular weight excluding hydrogens is 480 g/mol. The lowest BCUT2D eigenvalue weighted by atomic mass is 9.83. The predicted molar refractivity (Wildman–Crippen MR) is 136 cm³/mol. The van der Waals surface area contributed by atoms with E-state index in [1.807, 2.05) is 20.8 Å².